The molecule has 1 spiro atoms. The summed E-state index contributed by atoms with van der Waals surface area (Å²) in [7, 11) is 0. The van der Waals surface area contributed by atoms with E-state index in [0.29, 0.717) is 6.04 Å². The number of rotatable bonds is 7. The molecule has 0 aliphatic carbocycles. The van der Waals surface area contributed by atoms with Crippen LogP contribution in [0.25, 0.3) is 0 Å². The van der Waals surface area contributed by atoms with Gasteiger partial charge >= 0.3 is 0 Å². The number of ether oxygens (including phenoxy) is 2. The topological polar surface area (TPSA) is 30.5 Å². The molecule has 20 heavy (non-hydrogen) atoms. The van der Waals surface area contributed by atoms with Crippen LogP contribution in [-0.2, 0) is 9.47 Å². The predicted octanol–water partition coefficient (Wildman–Crippen LogP) is 3.38. The summed E-state index contributed by atoms with van der Waals surface area (Å²) in [5.74, 6) is 1.56. The first-order chi connectivity index (χ1) is 9.65. The van der Waals surface area contributed by atoms with Crippen LogP contribution in [0.3, 0.4) is 0 Å². The highest BCUT2D eigenvalue weighted by Crippen LogP contribution is 2.37. The Kier molecular flexibility index (Phi) is 6.31. The molecule has 2 aliphatic heterocycles. The molecule has 0 radical (unpaired) electrons. The van der Waals surface area contributed by atoms with E-state index in [9.17, 15) is 0 Å². The molecule has 3 nitrogen and oxygen atoms in total. The van der Waals surface area contributed by atoms with Gasteiger partial charge in [0.2, 0.25) is 0 Å². The van der Waals surface area contributed by atoms with E-state index in [0.717, 1.165) is 44.6 Å². The lowest BCUT2D eigenvalue weighted by Gasteiger charge is -2.37. The van der Waals surface area contributed by atoms with E-state index >= 15 is 0 Å². The lowest BCUT2D eigenvalue weighted by atomic mass is 9.81. The van der Waals surface area contributed by atoms with Crippen molar-refractivity contribution >= 4 is 0 Å². The Hall–Kier alpha value is -0.120. The van der Waals surface area contributed by atoms with E-state index in [1.807, 2.05) is 0 Å². The number of hydrogen-bond donors (Lipinski definition) is 1. The maximum Gasteiger partial charge on any atom is 0.0939 e. The van der Waals surface area contributed by atoms with Crippen molar-refractivity contribution in [3.8, 4) is 0 Å². The van der Waals surface area contributed by atoms with E-state index in [1.165, 1.54) is 32.1 Å². The lowest BCUT2D eigenvalue weighted by molar-refractivity contribution is -0.0993. The van der Waals surface area contributed by atoms with Crippen LogP contribution in [0.1, 0.15) is 59.3 Å². The van der Waals surface area contributed by atoms with Gasteiger partial charge in [-0.1, -0.05) is 20.8 Å². The molecule has 2 saturated heterocycles. The minimum atomic E-state index is 0.0765. The van der Waals surface area contributed by atoms with Crippen LogP contribution in [-0.4, -0.2) is 38.0 Å². The lowest BCUT2D eigenvalue weighted by Crippen LogP contribution is -2.41. The molecule has 0 amide bonds. The fourth-order valence-electron chi connectivity index (χ4n) is 3.66. The third-order valence-corrected chi connectivity index (χ3v) is 5.01. The molecule has 0 aromatic carbocycles. The molecular formula is C17H33NO2. The van der Waals surface area contributed by atoms with Crippen LogP contribution < -0.4 is 5.32 Å². The summed E-state index contributed by atoms with van der Waals surface area (Å²) in [5, 5.41) is 3.71. The monoisotopic (exact) mass is 283 g/mol. The van der Waals surface area contributed by atoms with E-state index in [4.69, 9.17) is 9.47 Å². The molecule has 118 valence electrons. The molecule has 0 bridgehead atoms. The van der Waals surface area contributed by atoms with Gasteiger partial charge in [0, 0.05) is 25.7 Å². The van der Waals surface area contributed by atoms with Gasteiger partial charge in [-0.3, -0.25) is 0 Å². The maximum atomic E-state index is 6.04. The van der Waals surface area contributed by atoms with Gasteiger partial charge in [-0.15, -0.1) is 0 Å². The van der Waals surface area contributed by atoms with Crippen molar-refractivity contribution < 1.29 is 9.47 Å². The van der Waals surface area contributed by atoms with E-state index in [1.54, 1.807) is 0 Å². The van der Waals surface area contributed by atoms with Gasteiger partial charge < -0.3 is 14.8 Å². The number of hydrogen-bond acceptors (Lipinski definition) is 3. The zero-order chi connectivity index (χ0) is 14.4. The van der Waals surface area contributed by atoms with Crippen LogP contribution in [0.5, 0.6) is 0 Å². The van der Waals surface area contributed by atoms with E-state index in [2.05, 4.69) is 26.1 Å². The van der Waals surface area contributed by atoms with Gasteiger partial charge in [-0.05, 0) is 50.5 Å². The summed E-state index contributed by atoms with van der Waals surface area (Å²) in [5.41, 5.74) is 0.0765. The second kappa shape index (κ2) is 7.77. The minimum absolute atomic E-state index is 0.0765. The van der Waals surface area contributed by atoms with Crippen LogP contribution >= 0.6 is 0 Å². The van der Waals surface area contributed by atoms with Gasteiger partial charge in [0.05, 0.1) is 12.2 Å². The van der Waals surface area contributed by atoms with Crippen molar-refractivity contribution in [1.29, 1.82) is 0 Å². The molecule has 0 aromatic rings. The summed E-state index contributed by atoms with van der Waals surface area (Å²) in [6.07, 6.45) is 7.42. The average molecular weight is 283 g/mol. The quantitative estimate of drug-likeness (QED) is 0.777. The van der Waals surface area contributed by atoms with Crippen LogP contribution in [0, 0.1) is 11.8 Å². The molecule has 3 atom stereocenters. The average Bonchev–Trinajstić information content (AvgIpc) is 2.86. The van der Waals surface area contributed by atoms with Gasteiger partial charge in [-0.25, -0.2) is 0 Å². The third-order valence-electron chi connectivity index (χ3n) is 5.01. The first kappa shape index (κ1) is 16.3. The molecule has 2 heterocycles. The van der Waals surface area contributed by atoms with Crippen molar-refractivity contribution in [2.24, 2.45) is 11.8 Å². The highest BCUT2D eigenvalue weighted by Gasteiger charge is 2.40. The predicted molar refractivity (Wildman–Crippen MR) is 83.0 cm³/mol. The molecular weight excluding hydrogens is 250 g/mol. The molecule has 0 aromatic heterocycles. The Morgan fingerprint density at radius 3 is 2.80 bits per heavy atom. The summed E-state index contributed by atoms with van der Waals surface area (Å²) in [6, 6.07) is 0.675. The van der Waals surface area contributed by atoms with Gasteiger partial charge in [0.1, 0.15) is 0 Å². The Balaban J connectivity index is 1.77. The van der Waals surface area contributed by atoms with Crippen LogP contribution in [0.4, 0.5) is 0 Å². The van der Waals surface area contributed by atoms with E-state index in [-0.39, 0.29) is 5.60 Å². The molecule has 0 saturated carbocycles. The van der Waals surface area contributed by atoms with E-state index < -0.39 is 0 Å². The van der Waals surface area contributed by atoms with Crippen molar-refractivity contribution in [3.63, 3.8) is 0 Å². The molecule has 2 fully saturated rings. The van der Waals surface area contributed by atoms with Crippen molar-refractivity contribution in [2.45, 2.75) is 70.9 Å². The zero-order valence-electron chi connectivity index (χ0n) is 13.6. The first-order valence-electron chi connectivity index (χ1n) is 8.60. The molecule has 1 N–H and O–H groups in total. The molecule has 3 unspecified atom stereocenters. The highest BCUT2D eigenvalue weighted by molar-refractivity contribution is 4.90. The second-order valence-corrected chi connectivity index (χ2v) is 7.07. The largest absolute Gasteiger partial charge is 0.378 e. The van der Waals surface area contributed by atoms with Crippen molar-refractivity contribution in [1.82, 2.24) is 5.32 Å². The number of nitrogens with one attached hydrogen (secondary N) is 1. The molecule has 2 rings (SSSR count). The highest BCUT2D eigenvalue weighted by atomic mass is 16.6. The normalized spacial score (nSPS) is 32.1. The standard InChI is InChI=1S/C17H33NO2/c1-4-9-18-16(14(2)3)6-5-15-7-10-20-17(12-15)8-11-19-13-17/h14-16,18H,4-13H2,1-3H3. The van der Waals surface area contributed by atoms with Gasteiger partial charge in [0.25, 0.3) is 0 Å². The Morgan fingerprint density at radius 1 is 1.30 bits per heavy atom. The summed E-state index contributed by atoms with van der Waals surface area (Å²) in [6.45, 7) is 10.7. The Bertz CT molecular complexity index is 274. The second-order valence-electron chi connectivity index (χ2n) is 7.07. The minimum Gasteiger partial charge on any atom is -0.378 e. The maximum absolute atomic E-state index is 6.04. The first-order valence-corrected chi connectivity index (χ1v) is 8.60. The van der Waals surface area contributed by atoms with Crippen molar-refractivity contribution in [2.75, 3.05) is 26.4 Å². The summed E-state index contributed by atoms with van der Waals surface area (Å²) in [4.78, 5) is 0. The van der Waals surface area contributed by atoms with Crippen LogP contribution in [0.15, 0.2) is 0 Å². The van der Waals surface area contributed by atoms with Crippen LogP contribution in [0.2, 0.25) is 0 Å². The SMILES string of the molecule is CCCNC(CCC1CCOC2(CCOC2)C1)C(C)C. The Morgan fingerprint density at radius 2 is 2.15 bits per heavy atom. The smallest absolute Gasteiger partial charge is 0.0939 e. The van der Waals surface area contributed by atoms with Gasteiger partial charge in [-0.2, -0.15) is 0 Å². The fraction of sp³-hybridized carbons (Fsp3) is 1.00. The Labute approximate surface area is 124 Å². The summed E-state index contributed by atoms with van der Waals surface area (Å²) < 4.78 is 11.6. The molecule has 3 heteroatoms. The summed E-state index contributed by atoms with van der Waals surface area (Å²) >= 11 is 0. The third kappa shape index (κ3) is 4.44. The van der Waals surface area contributed by atoms with Crippen molar-refractivity contribution in [3.05, 3.63) is 0 Å². The molecule has 2 aliphatic rings. The fourth-order valence-corrected chi connectivity index (χ4v) is 3.66. The zero-order valence-corrected chi connectivity index (χ0v) is 13.6. The van der Waals surface area contributed by atoms with Gasteiger partial charge in [0.15, 0.2) is 0 Å².